The summed E-state index contributed by atoms with van der Waals surface area (Å²) in [5, 5.41) is 0. The second-order valence-corrected chi connectivity index (χ2v) is 5.96. The number of hydrogen-bond donors (Lipinski definition) is 0. The van der Waals surface area contributed by atoms with Gasteiger partial charge in [0.1, 0.15) is 11.6 Å². The Bertz CT molecular complexity index is 662. The normalized spacial score (nSPS) is 12.0. The molecular formula is C17H16BrFO2. The molecule has 1 unspecified atom stereocenters. The van der Waals surface area contributed by atoms with Crippen molar-refractivity contribution in [2.45, 2.75) is 26.9 Å². The Balaban J connectivity index is 2.21. The first-order chi connectivity index (χ1) is 9.86. The predicted octanol–water partition coefficient (Wildman–Crippen LogP) is 4.86. The number of Topliss-reactive ketones (excluding diaryl/α,β-unsaturated/α-hetero) is 1. The molecule has 2 aromatic rings. The van der Waals surface area contributed by atoms with Crippen LogP contribution in [0.5, 0.6) is 5.75 Å². The average Bonchev–Trinajstić information content (AvgIpc) is 2.39. The van der Waals surface area contributed by atoms with Crippen molar-refractivity contribution >= 4 is 21.7 Å². The van der Waals surface area contributed by atoms with Crippen LogP contribution in [0.2, 0.25) is 0 Å². The molecule has 2 rings (SSSR count). The zero-order valence-corrected chi connectivity index (χ0v) is 13.7. The highest BCUT2D eigenvalue weighted by molar-refractivity contribution is 9.10. The Labute approximate surface area is 132 Å². The summed E-state index contributed by atoms with van der Waals surface area (Å²) in [6.07, 6.45) is -0.681. The van der Waals surface area contributed by atoms with Gasteiger partial charge in [-0.15, -0.1) is 0 Å². The third kappa shape index (κ3) is 3.91. The van der Waals surface area contributed by atoms with Crippen LogP contribution < -0.4 is 4.74 Å². The highest BCUT2D eigenvalue weighted by Crippen LogP contribution is 2.23. The smallest absolute Gasteiger partial charge is 0.203 e. The third-order valence-electron chi connectivity index (χ3n) is 3.18. The molecule has 0 spiro atoms. The predicted molar refractivity (Wildman–Crippen MR) is 84.4 cm³/mol. The van der Waals surface area contributed by atoms with E-state index in [4.69, 9.17) is 4.74 Å². The van der Waals surface area contributed by atoms with Crippen molar-refractivity contribution in [1.29, 1.82) is 0 Å². The Kier molecular flexibility index (Phi) is 4.78. The third-order valence-corrected chi connectivity index (χ3v) is 3.63. The van der Waals surface area contributed by atoms with Gasteiger partial charge in [0.05, 0.1) is 0 Å². The van der Waals surface area contributed by atoms with E-state index in [9.17, 15) is 9.18 Å². The summed E-state index contributed by atoms with van der Waals surface area (Å²) in [6.45, 7) is 5.49. The molecule has 0 N–H and O–H groups in total. The van der Waals surface area contributed by atoms with E-state index in [0.29, 0.717) is 15.8 Å². The van der Waals surface area contributed by atoms with Crippen molar-refractivity contribution in [2.24, 2.45) is 0 Å². The topological polar surface area (TPSA) is 26.3 Å². The van der Waals surface area contributed by atoms with Gasteiger partial charge >= 0.3 is 0 Å². The number of halogens is 2. The summed E-state index contributed by atoms with van der Waals surface area (Å²) >= 11 is 3.20. The van der Waals surface area contributed by atoms with Gasteiger partial charge in [0.2, 0.25) is 5.78 Å². The van der Waals surface area contributed by atoms with Crippen molar-refractivity contribution in [3.8, 4) is 5.75 Å². The molecule has 2 aromatic carbocycles. The van der Waals surface area contributed by atoms with Gasteiger partial charge in [-0.25, -0.2) is 4.39 Å². The minimum absolute atomic E-state index is 0.114. The van der Waals surface area contributed by atoms with E-state index in [0.717, 1.165) is 11.1 Å². The Morgan fingerprint density at radius 1 is 1.19 bits per heavy atom. The molecule has 0 saturated carbocycles. The molecular weight excluding hydrogens is 335 g/mol. The molecule has 0 aliphatic heterocycles. The van der Waals surface area contributed by atoms with Crippen LogP contribution in [0.3, 0.4) is 0 Å². The van der Waals surface area contributed by atoms with Crippen molar-refractivity contribution < 1.29 is 13.9 Å². The first-order valence-corrected chi connectivity index (χ1v) is 7.40. The minimum Gasteiger partial charge on any atom is -0.482 e. The van der Waals surface area contributed by atoms with Gasteiger partial charge in [-0.05, 0) is 44.5 Å². The number of ketones is 1. The molecule has 2 nitrogen and oxygen atoms in total. The summed E-state index contributed by atoms with van der Waals surface area (Å²) in [7, 11) is 0. The van der Waals surface area contributed by atoms with Crippen molar-refractivity contribution in [3.63, 3.8) is 0 Å². The van der Waals surface area contributed by atoms with Gasteiger partial charge in [0.25, 0.3) is 0 Å². The lowest BCUT2D eigenvalue weighted by Crippen LogP contribution is -2.24. The van der Waals surface area contributed by atoms with Crippen LogP contribution in [0.1, 0.15) is 28.4 Å². The fourth-order valence-electron chi connectivity index (χ4n) is 2.07. The lowest BCUT2D eigenvalue weighted by atomic mass is 9.99. The van der Waals surface area contributed by atoms with Gasteiger partial charge in [0, 0.05) is 16.1 Å². The summed E-state index contributed by atoms with van der Waals surface area (Å²) in [6, 6.07) is 9.95. The number of rotatable bonds is 4. The number of benzene rings is 2. The molecule has 0 amide bonds. The van der Waals surface area contributed by atoms with E-state index in [1.165, 1.54) is 12.1 Å². The van der Waals surface area contributed by atoms with E-state index in [-0.39, 0.29) is 5.78 Å². The molecule has 0 radical (unpaired) electrons. The van der Waals surface area contributed by atoms with Crippen molar-refractivity contribution in [2.75, 3.05) is 0 Å². The molecule has 0 aromatic heterocycles. The van der Waals surface area contributed by atoms with E-state index >= 15 is 0 Å². The summed E-state index contributed by atoms with van der Waals surface area (Å²) in [5.74, 6) is -0.199. The Hall–Kier alpha value is -1.68. The largest absolute Gasteiger partial charge is 0.482 e. The summed E-state index contributed by atoms with van der Waals surface area (Å²) in [5.41, 5.74) is 2.56. The van der Waals surface area contributed by atoms with E-state index < -0.39 is 11.9 Å². The Morgan fingerprint density at radius 3 is 2.57 bits per heavy atom. The first kappa shape index (κ1) is 15.7. The molecule has 1 atom stereocenters. The maximum Gasteiger partial charge on any atom is 0.203 e. The molecule has 21 heavy (non-hydrogen) atoms. The molecule has 110 valence electrons. The first-order valence-electron chi connectivity index (χ1n) is 6.61. The molecule has 0 saturated heterocycles. The van der Waals surface area contributed by atoms with Gasteiger partial charge < -0.3 is 4.74 Å². The SMILES string of the molecule is Cc1ccc(C)c(C(=O)C(C)Oc2cc(F)cc(Br)c2)c1. The Morgan fingerprint density at radius 2 is 1.90 bits per heavy atom. The molecule has 0 aliphatic rings. The maximum absolute atomic E-state index is 13.3. The van der Waals surface area contributed by atoms with E-state index in [1.807, 2.05) is 32.0 Å². The van der Waals surface area contributed by atoms with Crippen LogP contribution in [0, 0.1) is 19.7 Å². The van der Waals surface area contributed by atoms with Crippen LogP contribution in [-0.4, -0.2) is 11.9 Å². The van der Waals surface area contributed by atoms with Crippen LogP contribution in [0.15, 0.2) is 40.9 Å². The molecule has 0 aliphatic carbocycles. The quantitative estimate of drug-likeness (QED) is 0.736. The van der Waals surface area contributed by atoms with E-state index in [2.05, 4.69) is 15.9 Å². The average molecular weight is 351 g/mol. The number of aryl methyl sites for hydroxylation is 2. The molecule has 0 heterocycles. The van der Waals surface area contributed by atoms with Crippen LogP contribution in [0.4, 0.5) is 4.39 Å². The second-order valence-electron chi connectivity index (χ2n) is 5.05. The highest BCUT2D eigenvalue weighted by Gasteiger charge is 2.19. The zero-order valence-electron chi connectivity index (χ0n) is 12.1. The number of carbonyl (C=O) groups is 1. The molecule has 0 bridgehead atoms. The maximum atomic E-state index is 13.3. The lowest BCUT2D eigenvalue weighted by molar-refractivity contribution is 0.0816. The fourth-order valence-corrected chi connectivity index (χ4v) is 2.52. The van der Waals surface area contributed by atoms with Crippen molar-refractivity contribution in [3.05, 3.63) is 63.4 Å². The van der Waals surface area contributed by atoms with Gasteiger partial charge in [-0.3, -0.25) is 4.79 Å². The summed E-state index contributed by atoms with van der Waals surface area (Å²) in [4.78, 5) is 12.5. The van der Waals surface area contributed by atoms with Crippen molar-refractivity contribution in [1.82, 2.24) is 0 Å². The van der Waals surface area contributed by atoms with Gasteiger partial charge in [0.15, 0.2) is 6.10 Å². The van der Waals surface area contributed by atoms with Gasteiger partial charge in [-0.1, -0.05) is 33.6 Å². The highest BCUT2D eigenvalue weighted by atomic mass is 79.9. The van der Waals surface area contributed by atoms with Crippen LogP contribution >= 0.6 is 15.9 Å². The van der Waals surface area contributed by atoms with Gasteiger partial charge in [-0.2, -0.15) is 0 Å². The summed E-state index contributed by atoms with van der Waals surface area (Å²) < 4.78 is 19.5. The van der Waals surface area contributed by atoms with Crippen LogP contribution in [0.25, 0.3) is 0 Å². The van der Waals surface area contributed by atoms with Crippen LogP contribution in [-0.2, 0) is 0 Å². The number of carbonyl (C=O) groups excluding carboxylic acids is 1. The second kappa shape index (κ2) is 6.39. The number of ether oxygens (including phenoxy) is 1. The monoisotopic (exact) mass is 350 g/mol. The lowest BCUT2D eigenvalue weighted by Gasteiger charge is -2.15. The minimum atomic E-state index is -0.681. The fraction of sp³-hybridized carbons (Fsp3) is 0.235. The molecule has 4 heteroatoms. The standard InChI is InChI=1S/C17H16BrFO2/c1-10-4-5-11(2)16(6-10)17(20)12(3)21-15-8-13(18)7-14(19)9-15/h4-9,12H,1-3H3. The zero-order chi connectivity index (χ0) is 15.6. The number of hydrogen-bond acceptors (Lipinski definition) is 2. The molecule has 0 fully saturated rings. The van der Waals surface area contributed by atoms with E-state index in [1.54, 1.807) is 13.0 Å².